The molecule has 3 heterocycles. The number of esters is 1. The molecule has 1 aliphatic carbocycles. The summed E-state index contributed by atoms with van der Waals surface area (Å²) < 4.78 is 6.60. The van der Waals surface area contributed by atoms with Crippen molar-refractivity contribution in [2.24, 2.45) is 0 Å². The molecule has 0 bridgehead atoms. The van der Waals surface area contributed by atoms with Crippen molar-refractivity contribution < 1.29 is 14.3 Å². The average Bonchev–Trinajstić information content (AvgIpc) is 3.58. The Morgan fingerprint density at radius 1 is 1.05 bits per heavy atom. The predicted molar refractivity (Wildman–Crippen MR) is 162 cm³/mol. The number of fused-ring (bicyclic) bond motifs is 2. The molecule has 5 aromatic rings. The van der Waals surface area contributed by atoms with Gasteiger partial charge in [0.2, 0.25) is 5.91 Å². The fraction of sp³-hybridized carbons (Fsp3) is 0.200. The first-order valence-corrected chi connectivity index (χ1v) is 15.5. The Kier molecular flexibility index (Phi) is 7.55. The van der Waals surface area contributed by atoms with E-state index >= 15 is 0 Å². The summed E-state index contributed by atoms with van der Waals surface area (Å²) in [6, 6.07) is 19.1. The molecule has 0 saturated heterocycles. The smallest absolute Gasteiger partial charge is 0.341 e. The number of ether oxygens (including phenoxy) is 1. The van der Waals surface area contributed by atoms with Crippen LogP contribution in [0.25, 0.3) is 27.0 Å². The Labute approximate surface area is 242 Å². The second-order valence-corrected chi connectivity index (χ2v) is 12.2. The summed E-state index contributed by atoms with van der Waals surface area (Å²) in [6.45, 7) is 0. The Bertz CT molecular complexity index is 1780. The van der Waals surface area contributed by atoms with E-state index in [0.717, 1.165) is 47.3 Å². The fourth-order valence-corrected chi connectivity index (χ4v) is 8.06. The third kappa shape index (κ3) is 4.98. The predicted octanol–water partition coefficient (Wildman–Crippen LogP) is 6.57. The molecular weight excluding hydrogens is 563 g/mol. The number of amides is 1. The average molecular weight is 588 g/mol. The number of carbonyl (C=O) groups excluding carboxylic acids is 2. The highest BCUT2D eigenvalue weighted by Crippen LogP contribution is 2.39. The molecule has 0 spiro atoms. The van der Waals surface area contributed by atoms with Crippen molar-refractivity contribution in [2.45, 2.75) is 30.8 Å². The lowest BCUT2D eigenvalue weighted by molar-refractivity contribution is -0.113. The van der Waals surface area contributed by atoms with Gasteiger partial charge in [0.25, 0.3) is 5.56 Å². The van der Waals surface area contributed by atoms with Gasteiger partial charge in [-0.2, -0.15) is 0 Å². The zero-order valence-electron chi connectivity index (χ0n) is 21.6. The van der Waals surface area contributed by atoms with Gasteiger partial charge in [-0.25, -0.2) is 9.78 Å². The van der Waals surface area contributed by atoms with Crippen molar-refractivity contribution in [1.29, 1.82) is 0 Å². The molecule has 0 radical (unpaired) electrons. The number of thioether (sulfide) groups is 1. The number of hydrogen-bond acceptors (Lipinski definition) is 8. The summed E-state index contributed by atoms with van der Waals surface area (Å²) >= 11 is 4.06. The minimum absolute atomic E-state index is 0.0187. The van der Waals surface area contributed by atoms with E-state index in [4.69, 9.17) is 9.72 Å². The second-order valence-electron chi connectivity index (χ2n) is 9.31. The van der Waals surface area contributed by atoms with Gasteiger partial charge >= 0.3 is 5.97 Å². The van der Waals surface area contributed by atoms with E-state index < -0.39 is 5.97 Å². The number of aryl methyl sites for hydroxylation is 1. The molecule has 1 aliphatic rings. The van der Waals surface area contributed by atoms with Gasteiger partial charge in [0.05, 0.1) is 29.5 Å². The molecule has 10 heteroatoms. The first-order chi connectivity index (χ1) is 19.5. The highest BCUT2D eigenvalue weighted by atomic mass is 32.2. The highest BCUT2D eigenvalue weighted by Gasteiger charge is 2.27. The van der Waals surface area contributed by atoms with Crippen molar-refractivity contribution in [3.63, 3.8) is 0 Å². The van der Waals surface area contributed by atoms with Crippen LogP contribution in [0.2, 0.25) is 0 Å². The Hall–Kier alpha value is -3.73. The first-order valence-electron chi connectivity index (χ1n) is 12.9. The number of methoxy groups -OCH3 is 1. The fourth-order valence-electron chi connectivity index (χ4n) is 4.97. The van der Waals surface area contributed by atoms with Crippen LogP contribution in [-0.2, 0) is 22.4 Å². The molecule has 2 aromatic carbocycles. The molecule has 1 amide bonds. The van der Waals surface area contributed by atoms with E-state index in [1.165, 1.54) is 41.5 Å². The third-order valence-electron chi connectivity index (χ3n) is 6.82. The molecule has 7 nitrogen and oxygen atoms in total. The minimum Gasteiger partial charge on any atom is -0.465 e. The van der Waals surface area contributed by atoms with Crippen molar-refractivity contribution >= 4 is 61.5 Å². The molecular formula is C30H25N3O4S3. The maximum atomic E-state index is 14.0. The summed E-state index contributed by atoms with van der Waals surface area (Å²) in [7, 11) is 1.36. The summed E-state index contributed by atoms with van der Waals surface area (Å²) in [5, 5.41) is 6.40. The van der Waals surface area contributed by atoms with Gasteiger partial charge in [-0.1, -0.05) is 60.3 Å². The van der Waals surface area contributed by atoms with Crippen LogP contribution in [0.15, 0.2) is 76.0 Å². The van der Waals surface area contributed by atoms with Crippen LogP contribution in [0.3, 0.4) is 0 Å². The molecule has 0 fully saturated rings. The van der Waals surface area contributed by atoms with E-state index in [-0.39, 0.29) is 17.2 Å². The lowest BCUT2D eigenvalue weighted by Gasteiger charge is -2.13. The van der Waals surface area contributed by atoms with Crippen LogP contribution in [0.4, 0.5) is 5.00 Å². The van der Waals surface area contributed by atoms with Crippen LogP contribution in [0.1, 0.15) is 33.6 Å². The van der Waals surface area contributed by atoms with Crippen molar-refractivity contribution in [3.05, 3.63) is 92.4 Å². The minimum atomic E-state index is -0.431. The molecule has 40 heavy (non-hydrogen) atoms. The van der Waals surface area contributed by atoms with Gasteiger partial charge in [0.1, 0.15) is 9.83 Å². The summed E-state index contributed by atoms with van der Waals surface area (Å²) in [4.78, 5) is 46.3. The molecule has 6 rings (SSSR count). The van der Waals surface area contributed by atoms with Crippen LogP contribution < -0.4 is 10.9 Å². The van der Waals surface area contributed by atoms with E-state index in [2.05, 4.69) is 5.32 Å². The van der Waals surface area contributed by atoms with Crippen LogP contribution in [-0.4, -0.2) is 34.3 Å². The van der Waals surface area contributed by atoms with Crippen LogP contribution in [0.5, 0.6) is 0 Å². The van der Waals surface area contributed by atoms with Crippen LogP contribution >= 0.6 is 34.4 Å². The quantitative estimate of drug-likeness (QED) is 0.132. The molecule has 3 aromatic heterocycles. The van der Waals surface area contributed by atoms with E-state index in [1.54, 1.807) is 4.57 Å². The maximum Gasteiger partial charge on any atom is 0.341 e. The molecule has 0 saturated carbocycles. The van der Waals surface area contributed by atoms with Gasteiger partial charge in [-0.05, 0) is 48.9 Å². The van der Waals surface area contributed by atoms with Gasteiger partial charge in [0, 0.05) is 15.8 Å². The number of thiophene rings is 2. The molecule has 1 N–H and O–H groups in total. The molecule has 0 atom stereocenters. The second kappa shape index (κ2) is 11.4. The number of hydrogen-bond donors (Lipinski definition) is 1. The maximum absolute atomic E-state index is 14.0. The van der Waals surface area contributed by atoms with Crippen molar-refractivity contribution in [1.82, 2.24) is 9.55 Å². The topological polar surface area (TPSA) is 90.3 Å². The Balaban J connectivity index is 1.33. The van der Waals surface area contributed by atoms with E-state index in [9.17, 15) is 14.4 Å². The van der Waals surface area contributed by atoms with E-state index in [0.29, 0.717) is 31.6 Å². The first kappa shape index (κ1) is 26.5. The van der Waals surface area contributed by atoms with Gasteiger partial charge in [-0.3, -0.25) is 14.2 Å². The van der Waals surface area contributed by atoms with Gasteiger partial charge < -0.3 is 10.1 Å². The highest BCUT2D eigenvalue weighted by molar-refractivity contribution is 7.99. The Morgan fingerprint density at radius 3 is 2.52 bits per heavy atom. The number of carbonyl (C=O) groups is 2. The SMILES string of the molecule is COC(=O)c1c(NC(=O)CSc2nc3scc(-c4ccccc4)c3c(=O)n2-c2ccccc2)sc2c1CCCC2. The number of para-hydroxylation sites is 1. The summed E-state index contributed by atoms with van der Waals surface area (Å²) in [6.07, 6.45) is 3.78. The summed E-state index contributed by atoms with van der Waals surface area (Å²) in [5.74, 6) is -0.691. The zero-order chi connectivity index (χ0) is 27.6. The number of nitrogens with one attached hydrogen (secondary N) is 1. The molecule has 202 valence electrons. The van der Waals surface area contributed by atoms with Gasteiger partial charge in [-0.15, -0.1) is 22.7 Å². The van der Waals surface area contributed by atoms with E-state index in [1.807, 2.05) is 66.0 Å². The lowest BCUT2D eigenvalue weighted by Crippen LogP contribution is -2.23. The van der Waals surface area contributed by atoms with Crippen molar-refractivity contribution in [2.75, 3.05) is 18.2 Å². The number of rotatable bonds is 7. The molecule has 0 aliphatic heterocycles. The number of nitrogens with zero attached hydrogens (tertiary/aromatic N) is 2. The monoisotopic (exact) mass is 587 g/mol. The summed E-state index contributed by atoms with van der Waals surface area (Å²) in [5.41, 5.74) is 3.74. The van der Waals surface area contributed by atoms with Crippen molar-refractivity contribution in [3.8, 4) is 16.8 Å². The number of aromatic nitrogens is 2. The zero-order valence-corrected chi connectivity index (χ0v) is 24.1. The largest absolute Gasteiger partial charge is 0.465 e. The Morgan fingerprint density at radius 2 is 1.77 bits per heavy atom. The third-order valence-corrected chi connectivity index (χ3v) is 9.84. The van der Waals surface area contributed by atoms with Crippen LogP contribution in [0, 0.1) is 0 Å². The lowest BCUT2D eigenvalue weighted by atomic mass is 9.95. The normalized spacial score (nSPS) is 12.7. The number of benzene rings is 2. The number of anilines is 1. The standard InChI is InChI=1S/C30H25N3O4S3/c1-37-29(36)25-20-14-8-9-15-22(20)40-27(25)31-23(34)17-39-30-32-26-24(21(16-38-26)18-10-4-2-5-11-18)28(35)33(30)19-12-6-3-7-13-19/h2-7,10-13,16H,8-9,14-15,17H2,1H3,(H,31,34). The van der Waals surface area contributed by atoms with Gasteiger partial charge in [0.15, 0.2) is 5.16 Å². The molecule has 0 unspecified atom stereocenters.